The van der Waals surface area contributed by atoms with E-state index in [1.165, 1.54) is 35.2 Å². The molecule has 2 amide bonds. The van der Waals surface area contributed by atoms with Crippen molar-refractivity contribution in [1.29, 1.82) is 0 Å². The lowest BCUT2D eigenvalue weighted by Gasteiger charge is -2.33. The molecule has 3 rings (SSSR count). The topological polar surface area (TPSA) is 136 Å². The largest absolute Gasteiger partial charge is 0.416 e. The Bertz CT molecular complexity index is 1250. The number of benzene rings is 2. The van der Waals surface area contributed by atoms with Crippen LogP contribution in [-0.2, 0) is 16.0 Å². The van der Waals surface area contributed by atoms with Crippen molar-refractivity contribution < 1.29 is 31.2 Å². The van der Waals surface area contributed by atoms with Crippen LogP contribution in [0.4, 0.5) is 13.2 Å². The average molecular weight is 497 g/mol. The molecule has 0 spiro atoms. The van der Waals surface area contributed by atoms with Gasteiger partial charge in [0.25, 0.3) is 11.8 Å². The van der Waals surface area contributed by atoms with Gasteiger partial charge in [-0.1, -0.05) is 18.2 Å². The molecule has 0 atom stereocenters. The maximum absolute atomic E-state index is 13.8. The zero-order valence-corrected chi connectivity index (χ0v) is 19.0. The molecule has 1 saturated heterocycles. The van der Waals surface area contributed by atoms with Crippen LogP contribution >= 0.6 is 0 Å². The van der Waals surface area contributed by atoms with Crippen LogP contribution in [0, 0.1) is 0 Å². The van der Waals surface area contributed by atoms with Crippen molar-refractivity contribution in [3.05, 3.63) is 64.7 Å². The third kappa shape index (κ3) is 5.56. The van der Waals surface area contributed by atoms with Gasteiger partial charge >= 0.3 is 6.18 Å². The summed E-state index contributed by atoms with van der Waals surface area (Å²) in [4.78, 5) is 29.5. The van der Waals surface area contributed by atoms with Gasteiger partial charge < -0.3 is 16.4 Å². The Morgan fingerprint density at radius 2 is 1.68 bits per heavy atom. The highest BCUT2D eigenvalue weighted by Gasteiger charge is 2.37. The van der Waals surface area contributed by atoms with Crippen molar-refractivity contribution >= 4 is 27.6 Å². The van der Waals surface area contributed by atoms with E-state index in [0.29, 0.717) is 0 Å². The second kappa shape index (κ2) is 9.45. The van der Waals surface area contributed by atoms with Crippen LogP contribution in [0.5, 0.6) is 0 Å². The minimum atomic E-state index is -4.72. The molecule has 0 aromatic heterocycles. The number of hydrogen-bond donors (Lipinski definition) is 2. The fourth-order valence-electron chi connectivity index (χ4n) is 4.00. The molecule has 2 aromatic rings. The highest BCUT2D eigenvalue weighted by Crippen LogP contribution is 2.39. The van der Waals surface area contributed by atoms with Crippen LogP contribution < -0.4 is 11.5 Å². The Morgan fingerprint density at radius 1 is 1.06 bits per heavy atom. The van der Waals surface area contributed by atoms with Crippen molar-refractivity contribution in [3.63, 3.8) is 0 Å². The summed E-state index contributed by atoms with van der Waals surface area (Å²) in [5.74, 6) is -2.55. The number of amides is 2. The number of likely N-dealkylation sites (tertiary alicyclic amines) is 1. The van der Waals surface area contributed by atoms with E-state index in [1.54, 1.807) is 6.07 Å². The van der Waals surface area contributed by atoms with Gasteiger partial charge in [0.15, 0.2) is 15.8 Å². The zero-order valence-electron chi connectivity index (χ0n) is 18.2. The van der Waals surface area contributed by atoms with E-state index in [2.05, 4.69) is 4.99 Å². The van der Waals surface area contributed by atoms with Gasteiger partial charge in [-0.15, -0.1) is 0 Å². The minimum Gasteiger partial charge on any atom is -0.370 e. The smallest absolute Gasteiger partial charge is 0.370 e. The van der Waals surface area contributed by atoms with Gasteiger partial charge in [0.1, 0.15) is 0 Å². The standard InChI is InChI=1S/C22H23F3N4O4S/c1-34(32,33)18-5-3-2-4-16(18)20(31)29-10-8-13(9-11-29)15-7-6-14(19(30)28-21(26)27)12-17(15)22(23,24)25/h2-7,12-13H,8-11H2,1H3,(H4,26,27,28,30). The Balaban J connectivity index is 1.83. The number of rotatable bonds is 4. The normalized spacial score (nSPS) is 15.1. The molecule has 0 unspecified atom stereocenters. The maximum atomic E-state index is 13.8. The summed E-state index contributed by atoms with van der Waals surface area (Å²) >= 11 is 0. The molecule has 2 aromatic carbocycles. The minimum absolute atomic E-state index is 0.0115. The van der Waals surface area contributed by atoms with Gasteiger partial charge in [-0.2, -0.15) is 18.2 Å². The first-order valence-corrected chi connectivity index (χ1v) is 12.1. The summed E-state index contributed by atoms with van der Waals surface area (Å²) < 4.78 is 65.4. The van der Waals surface area contributed by atoms with Gasteiger partial charge in [0.05, 0.1) is 16.0 Å². The van der Waals surface area contributed by atoms with Crippen LogP contribution in [0.2, 0.25) is 0 Å². The molecule has 1 aliphatic heterocycles. The quantitative estimate of drug-likeness (QED) is 0.493. The summed E-state index contributed by atoms with van der Waals surface area (Å²) in [6, 6.07) is 9.02. The highest BCUT2D eigenvalue weighted by atomic mass is 32.2. The molecule has 0 saturated carbocycles. The van der Waals surface area contributed by atoms with E-state index in [-0.39, 0.29) is 47.5 Å². The SMILES string of the molecule is CS(=O)(=O)c1ccccc1C(=O)N1CCC(c2ccc(C(=O)N=C(N)N)cc2C(F)(F)F)CC1. The molecule has 182 valence electrons. The number of carbonyl (C=O) groups excluding carboxylic acids is 2. The molecule has 1 fully saturated rings. The van der Waals surface area contributed by atoms with E-state index in [4.69, 9.17) is 11.5 Å². The lowest BCUT2D eigenvalue weighted by Crippen LogP contribution is -2.38. The number of piperidine rings is 1. The Hall–Kier alpha value is -3.41. The molecule has 1 heterocycles. The number of sulfone groups is 1. The average Bonchev–Trinajstić information content (AvgIpc) is 2.76. The molecule has 0 bridgehead atoms. The molecular weight excluding hydrogens is 473 g/mol. The second-order valence-electron chi connectivity index (χ2n) is 7.98. The van der Waals surface area contributed by atoms with Crippen LogP contribution in [0.1, 0.15) is 50.6 Å². The van der Waals surface area contributed by atoms with Crippen LogP contribution in [0.25, 0.3) is 0 Å². The summed E-state index contributed by atoms with van der Waals surface area (Å²) in [6.07, 6.45) is -3.25. The Morgan fingerprint density at radius 3 is 2.24 bits per heavy atom. The summed E-state index contributed by atoms with van der Waals surface area (Å²) in [7, 11) is -3.64. The fraction of sp³-hybridized carbons (Fsp3) is 0.318. The van der Waals surface area contributed by atoms with Crippen LogP contribution in [0.3, 0.4) is 0 Å². The second-order valence-corrected chi connectivity index (χ2v) is 9.96. The van der Waals surface area contributed by atoms with Gasteiger partial charge in [0, 0.05) is 24.9 Å². The van der Waals surface area contributed by atoms with Crippen molar-refractivity contribution in [1.82, 2.24) is 4.90 Å². The van der Waals surface area contributed by atoms with Crippen molar-refractivity contribution in [3.8, 4) is 0 Å². The first-order valence-electron chi connectivity index (χ1n) is 10.2. The number of hydrogen-bond acceptors (Lipinski definition) is 4. The lowest BCUT2D eigenvalue weighted by molar-refractivity contribution is -0.138. The van der Waals surface area contributed by atoms with E-state index in [0.717, 1.165) is 12.3 Å². The summed E-state index contributed by atoms with van der Waals surface area (Å²) in [5, 5.41) is 0. The summed E-state index contributed by atoms with van der Waals surface area (Å²) in [6.45, 7) is 0.293. The number of halogens is 3. The van der Waals surface area contributed by atoms with Crippen molar-refractivity contribution in [2.45, 2.75) is 29.8 Å². The number of carbonyl (C=O) groups is 2. The van der Waals surface area contributed by atoms with Crippen LogP contribution in [0.15, 0.2) is 52.4 Å². The maximum Gasteiger partial charge on any atom is 0.416 e. The molecular formula is C22H23F3N4O4S. The Labute approximate surface area is 194 Å². The van der Waals surface area contributed by atoms with Crippen molar-refractivity contribution in [2.24, 2.45) is 16.5 Å². The zero-order chi connectivity index (χ0) is 25.3. The number of aliphatic imine (C=N–C) groups is 1. The number of guanidine groups is 1. The van der Waals surface area contributed by atoms with Gasteiger partial charge in [-0.25, -0.2) is 8.42 Å². The van der Waals surface area contributed by atoms with E-state index in [1.807, 2.05) is 0 Å². The highest BCUT2D eigenvalue weighted by molar-refractivity contribution is 7.90. The number of nitrogens with zero attached hydrogens (tertiary/aromatic N) is 2. The molecule has 8 nitrogen and oxygen atoms in total. The van der Waals surface area contributed by atoms with Crippen LogP contribution in [-0.4, -0.2) is 50.4 Å². The lowest BCUT2D eigenvalue weighted by atomic mass is 9.85. The first-order chi connectivity index (χ1) is 15.8. The van der Waals surface area contributed by atoms with Crippen molar-refractivity contribution in [2.75, 3.05) is 19.3 Å². The fourth-order valence-corrected chi connectivity index (χ4v) is 4.88. The molecule has 1 aliphatic rings. The molecule has 0 aliphatic carbocycles. The third-order valence-electron chi connectivity index (χ3n) is 5.58. The van der Waals surface area contributed by atoms with E-state index < -0.39 is 45.3 Å². The molecule has 0 radical (unpaired) electrons. The van der Waals surface area contributed by atoms with Gasteiger partial charge in [0.2, 0.25) is 0 Å². The Kier molecular flexibility index (Phi) is 7.01. The predicted octanol–water partition coefficient (Wildman–Crippen LogP) is 2.54. The first kappa shape index (κ1) is 25.2. The van der Waals surface area contributed by atoms with Gasteiger partial charge in [-0.05, 0) is 48.6 Å². The monoisotopic (exact) mass is 496 g/mol. The number of alkyl halides is 3. The third-order valence-corrected chi connectivity index (χ3v) is 6.73. The van der Waals surface area contributed by atoms with E-state index in [9.17, 15) is 31.2 Å². The predicted molar refractivity (Wildman–Crippen MR) is 119 cm³/mol. The molecule has 12 heteroatoms. The van der Waals surface area contributed by atoms with Gasteiger partial charge in [-0.3, -0.25) is 9.59 Å². The summed E-state index contributed by atoms with van der Waals surface area (Å²) in [5.41, 5.74) is 9.05. The molecule has 34 heavy (non-hydrogen) atoms. The number of nitrogens with two attached hydrogens (primary N) is 2. The molecule has 4 N–H and O–H groups in total. The van der Waals surface area contributed by atoms with E-state index >= 15 is 0 Å².